The average molecular weight is 644 g/mol. The number of nitriles is 1. The van der Waals surface area contributed by atoms with E-state index in [1.807, 2.05) is 36.9 Å². The standard InChI is InChI=1S/C29H32Cl2N8O3S/c1-17(26-21(30)12-33-13-22(26)31)42-25-8-20-23(9-24(25)41-4)35-36-27(20)19-7-18(10-32)28(34-11-19)39-15-29(16-39,14-38(2)3)37-43(5,6)40/h7-9,11-13,17H,14-16H2,1-6H3,(H,35,36)/t17-/m1/s1. The highest BCUT2D eigenvalue weighted by Gasteiger charge is 2.45. The summed E-state index contributed by atoms with van der Waals surface area (Å²) in [6.07, 6.45) is 7.51. The predicted molar refractivity (Wildman–Crippen MR) is 170 cm³/mol. The second kappa shape index (κ2) is 11.8. The number of hydrogen-bond donors (Lipinski definition) is 1. The van der Waals surface area contributed by atoms with Gasteiger partial charge in [-0.25, -0.2) is 9.35 Å². The van der Waals surface area contributed by atoms with Crippen LogP contribution in [0.1, 0.15) is 24.2 Å². The Morgan fingerprint density at radius 2 is 1.88 bits per heavy atom. The van der Waals surface area contributed by atoms with Crippen molar-refractivity contribution in [1.29, 1.82) is 5.26 Å². The molecule has 11 nitrogen and oxygen atoms in total. The lowest BCUT2D eigenvalue weighted by atomic mass is 9.90. The van der Waals surface area contributed by atoms with Crippen molar-refractivity contribution in [2.75, 3.05) is 58.3 Å². The molecule has 4 aromatic rings. The van der Waals surface area contributed by atoms with Crippen LogP contribution in [-0.2, 0) is 9.73 Å². The summed E-state index contributed by atoms with van der Waals surface area (Å²) < 4.78 is 29.1. The molecule has 1 aliphatic heterocycles. The summed E-state index contributed by atoms with van der Waals surface area (Å²) in [6, 6.07) is 7.67. The Hall–Kier alpha value is -3.63. The zero-order chi connectivity index (χ0) is 31.1. The van der Waals surface area contributed by atoms with Crippen LogP contribution in [0.15, 0.2) is 41.2 Å². The topological polar surface area (TPSA) is 133 Å². The Bertz CT molecular complexity index is 1830. The maximum atomic E-state index is 12.5. The molecule has 0 spiro atoms. The Morgan fingerprint density at radius 1 is 1.19 bits per heavy atom. The van der Waals surface area contributed by atoms with E-state index in [-0.39, 0.29) is 0 Å². The van der Waals surface area contributed by atoms with Gasteiger partial charge in [-0.1, -0.05) is 23.2 Å². The zero-order valence-electron chi connectivity index (χ0n) is 24.7. The third kappa shape index (κ3) is 6.35. The second-order valence-electron chi connectivity index (χ2n) is 11.2. The number of fused-ring (bicyclic) bond motifs is 1. The van der Waals surface area contributed by atoms with E-state index < -0.39 is 21.4 Å². The number of aromatic nitrogens is 4. The fraction of sp³-hybridized carbons (Fsp3) is 0.379. The van der Waals surface area contributed by atoms with Gasteiger partial charge in [-0.15, -0.1) is 0 Å². The summed E-state index contributed by atoms with van der Waals surface area (Å²) in [7, 11) is 3.17. The molecule has 1 atom stereocenters. The third-order valence-electron chi connectivity index (χ3n) is 7.00. The fourth-order valence-corrected chi connectivity index (χ4v) is 7.31. The number of halogens is 2. The number of aromatic amines is 1. The average Bonchev–Trinajstić information content (AvgIpc) is 3.32. The Morgan fingerprint density at radius 3 is 2.49 bits per heavy atom. The minimum Gasteiger partial charge on any atom is -0.493 e. The van der Waals surface area contributed by atoms with Crippen LogP contribution in [-0.4, -0.2) is 88.2 Å². The van der Waals surface area contributed by atoms with Gasteiger partial charge in [-0.05, 0) is 33.2 Å². The molecule has 0 amide bonds. The van der Waals surface area contributed by atoms with E-state index in [1.165, 1.54) is 12.4 Å². The molecular weight excluding hydrogens is 611 g/mol. The Balaban J connectivity index is 1.47. The molecule has 0 unspecified atom stereocenters. The number of anilines is 1. The minimum atomic E-state index is -2.31. The van der Waals surface area contributed by atoms with Crippen LogP contribution in [0.2, 0.25) is 10.0 Å². The van der Waals surface area contributed by atoms with E-state index in [2.05, 4.69) is 30.6 Å². The van der Waals surface area contributed by atoms with Crippen molar-refractivity contribution < 1.29 is 13.7 Å². The van der Waals surface area contributed by atoms with Crippen LogP contribution >= 0.6 is 23.2 Å². The smallest absolute Gasteiger partial charge is 0.162 e. The summed E-state index contributed by atoms with van der Waals surface area (Å²) in [5.74, 6) is 1.51. The van der Waals surface area contributed by atoms with E-state index in [1.54, 1.807) is 38.0 Å². The Labute approximate surface area is 260 Å². The van der Waals surface area contributed by atoms with Crippen molar-refractivity contribution in [1.82, 2.24) is 25.1 Å². The normalized spacial score (nSPS) is 15.2. The lowest BCUT2D eigenvalue weighted by Crippen LogP contribution is -2.65. The fourth-order valence-electron chi connectivity index (χ4n) is 5.53. The molecule has 1 aromatic carbocycles. The van der Waals surface area contributed by atoms with Gasteiger partial charge in [0.05, 0.1) is 28.2 Å². The number of rotatable bonds is 9. The summed E-state index contributed by atoms with van der Waals surface area (Å²) in [4.78, 5) is 12.7. The van der Waals surface area contributed by atoms with E-state index in [9.17, 15) is 9.47 Å². The van der Waals surface area contributed by atoms with Crippen LogP contribution in [0, 0.1) is 11.3 Å². The van der Waals surface area contributed by atoms with E-state index in [0.717, 1.165) is 10.9 Å². The highest BCUT2D eigenvalue weighted by molar-refractivity contribution is 7.92. The molecule has 0 radical (unpaired) electrons. The number of nitrogens with one attached hydrogen (secondary N) is 1. The van der Waals surface area contributed by atoms with Gasteiger partial charge in [0.15, 0.2) is 11.5 Å². The lowest BCUT2D eigenvalue weighted by Gasteiger charge is -2.49. The molecule has 0 saturated carbocycles. The molecule has 226 valence electrons. The Kier molecular flexibility index (Phi) is 8.46. The highest BCUT2D eigenvalue weighted by atomic mass is 35.5. The minimum absolute atomic E-state index is 0.395. The molecule has 14 heteroatoms. The molecule has 3 aromatic heterocycles. The molecule has 0 bridgehead atoms. The molecule has 1 aliphatic rings. The van der Waals surface area contributed by atoms with E-state index in [0.29, 0.717) is 69.4 Å². The molecular formula is C29H32Cl2N8O3S. The quantitative estimate of drug-likeness (QED) is 0.262. The highest BCUT2D eigenvalue weighted by Crippen LogP contribution is 2.41. The van der Waals surface area contributed by atoms with E-state index in [4.69, 9.17) is 32.7 Å². The second-order valence-corrected chi connectivity index (χ2v) is 14.6. The molecule has 4 heterocycles. The van der Waals surface area contributed by atoms with Crippen molar-refractivity contribution in [2.45, 2.75) is 18.6 Å². The maximum Gasteiger partial charge on any atom is 0.162 e. The predicted octanol–water partition coefficient (Wildman–Crippen LogP) is 5.19. The monoisotopic (exact) mass is 642 g/mol. The van der Waals surface area contributed by atoms with Crippen LogP contribution in [0.3, 0.4) is 0 Å². The summed E-state index contributed by atoms with van der Waals surface area (Å²) in [5, 5.41) is 19.2. The van der Waals surface area contributed by atoms with E-state index >= 15 is 0 Å². The molecule has 0 aliphatic carbocycles. The van der Waals surface area contributed by atoms with Crippen molar-refractivity contribution in [3.8, 4) is 28.8 Å². The van der Waals surface area contributed by atoms with Crippen molar-refractivity contribution >= 4 is 49.7 Å². The maximum absolute atomic E-state index is 12.5. The SMILES string of the molecule is COc1cc2[nH]nc(-c3cnc(N4CC(CN(C)C)(N=S(C)(C)=O)C4)c(C#N)c3)c2cc1O[C@H](C)c1c(Cl)cncc1Cl. The first-order chi connectivity index (χ1) is 20.3. The molecule has 1 saturated heterocycles. The van der Waals surface area contributed by atoms with Crippen molar-refractivity contribution in [2.24, 2.45) is 4.36 Å². The number of ether oxygens (including phenoxy) is 2. The van der Waals surface area contributed by atoms with Gasteiger partial charge in [-0.3, -0.25) is 14.3 Å². The number of methoxy groups -OCH3 is 1. The summed E-state index contributed by atoms with van der Waals surface area (Å²) >= 11 is 12.7. The summed E-state index contributed by atoms with van der Waals surface area (Å²) in [6.45, 7) is 3.51. The number of benzene rings is 1. The van der Waals surface area contributed by atoms with Crippen molar-refractivity contribution in [3.05, 3.63) is 58.0 Å². The van der Waals surface area contributed by atoms with Crippen LogP contribution in [0.4, 0.5) is 5.82 Å². The van der Waals surface area contributed by atoms with Gasteiger partial charge in [-0.2, -0.15) is 10.4 Å². The van der Waals surface area contributed by atoms with Crippen LogP contribution < -0.4 is 14.4 Å². The molecule has 43 heavy (non-hydrogen) atoms. The number of nitrogens with zero attached hydrogens (tertiary/aromatic N) is 7. The van der Waals surface area contributed by atoms with Gasteiger partial charge in [0.25, 0.3) is 0 Å². The first-order valence-electron chi connectivity index (χ1n) is 13.3. The number of hydrogen-bond acceptors (Lipinski definition) is 10. The van der Waals surface area contributed by atoms with Gasteiger partial charge < -0.3 is 19.3 Å². The largest absolute Gasteiger partial charge is 0.493 e. The lowest BCUT2D eigenvalue weighted by molar-refractivity contribution is 0.216. The summed E-state index contributed by atoms with van der Waals surface area (Å²) in [5.41, 5.74) is 2.50. The molecule has 5 rings (SSSR count). The van der Waals surface area contributed by atoms with Crippen LogP contribution in [0.5, 0.6) is 11.5 Å². The molecule has 1 fully saturated rings. The number of H-pyrrole nitrogens is 1. The van der Waals surface area contributed by atoms with Gasteiger partial charge >= 0.3 is 0 Å². The van der Waals surface area contributed by atoms with Crippen molar-refractivity contribution in [3.63, 3.8) is 0 Å². The van der Waals surface area contributed by atoms with Crippen LogP contribution in [0.25, 0.3) is 22.2 Å². The number of pyridine rings is 2. The third-order valence-corrected chi connectivity index (χ3v) is 8.43. The molecule has 1 N–H and O–H groups in total. The van der Waals surface area contributed by atoms with Gasteiger partial charge in [0, 0.05) is 83.0 Å². The van der Waals surface area contributed by atoms with Gasteiger partial charge in [0.2, 0.25) is 0 Å². The first kappa shape index (κ1) is 30.8. The number of likely N-dealkylation sites (N-methyl/N-ethyl adjacent to an activating group) is 1. The van der Waals surface area contributed by atoms with Gasteiger partial charge in [0.1, 0.15) is 29.2 Å². The first-order valence-corrected chi connectivity index (χ1v) is 16.4. The zero-order valence-corrected chi connectivity index (χ0v) is 27.0.